The number of halogens is 1. The second-order valence-electron chi connectivity index (χ2n) is 9.51. The van der Waals surface area contributed by atoms with Crippen LogP contribution < -0.4 is 4.90 Å². The molecule has 1 N–H and O–H groups in total. The Kier molecular flexibility index (Phi) is 6.29. The number of nitriles is 1. The lowest BCUT2D eigenvalue weighted by Crippen LogP contribution is -2.50. The van der Waals surface area contributed by atoms with E-state index in [0.29, 0.717) is 50.6 Å². The van der Waals surface area contributed by atoms with E-state index < -0.39 is 28.7 Å². The molecule has 1 unspecified atom stereocenters. The molecule has 0 bridgehead atoms. The average molecular weight is 556 g/mol. The number of thiophene rings is 1. The van der Waals surface area contributed by atoms with Crippen LogP contribution in [-0.2, 0) is 15.8 Å². The normalized spacial score (nSPS) is 14.2. The molecule has 0 spiro atoms. The molecule has 3 aromatic carbocycles. The Labute approximate surface area is 230 Å². The first-order chi connectivity index (χ1) is 18.9. The Hall–Kier alpha value is -4.26. The molecule has 6 rings (SSSR count). The molecule has 39 heavy (non-hydrogen) atoms. The molecule has 2 aromatic heterocycles. The van der Waals surface area contributed by atoms with Crippen LogP contribution in [0.25, 0.3) is 33.3 Å². The monoisotopic (exact) mass is 555 g/mol. The van der Waals surface area contributed by atoms with E-state index in [9.17, 15) is 23.8 Å². The Morgan fingerprint density at radius 3 is 2.64 bits per heavy atom. The van der Waals surface area contributed by atoms with Gasteiger partial charge in [0, 0.05) is 40.9 Å². The third-order valence-electron chi connectivity index (χ3n) is 7.00. The number of fused-ring (bicyclic) bond motifs is 1. The topological polar surface area (TPSA) is 86.3 Å². The largest absolute Gasteiger partial charge is 0.481 e. The van der Waals surface area contributed by atoms with Crippen LogP contribution in [0.5, 0.6) is 0 Å². The quantitative estimate of drug-likeness (QED) is 0.260. The molecular weight excluding hydrogens is 533 g/mol. The molecule has 0 radical (unpaired) electrons. The van der Waals surface area contributed by atoms with Crippen molar-refractivity contribution >= 4 is 44.9 Å². The van der Waals surface area contributed by atoms with Gasteiger partial charge < -0.3 is 10.0 Å². The third kappa shape index (κ3) is 4.32. The summed E-state index contributed by atoms with van der Waals surface area (Å²) in [7, 11) is -1.69. The van der Waals surface area contributed by atoms with Crippen molar-refractivity contribution in [1.82, 2.24) is 3.97 Å². The minimum atomic E-state index is -1.69. The van der Waals surface area contributed by atoms with Crippen molar-refractivity contribution in [3.05, 3.63) is 94.4 Å². The maximum atomic E-state index is 14.7. The highest BCUT2D eigenvalue weighted by molar-refractivity contribution is 7.83. The molecule has 6 nitrogen and oxygen atoms in total. The Balaban J connectivity index is 1.64. The number of nitrogens with zero attached hydrogens (tertiary/aromatic N) is 3. The van der Waals surface area contributed by atoms with Crippen molar-refractivity contribution in [1.29, 1.82) is 5.26 Å². The van der Waals surface area contributed by atoms with Crippen molar-refractivity contribution in [3.63, 3.8) is 0 Å². The summed E-state index contributed by atoms with van der Waals surface area (Å²) in [6.07, 6.45) is 0. The lowest BCUT2D eigenvalue weighted by atomic mass is 9.96. The fraction of sp³-hybridized carbons (Fsp3) is 0.133. The third-order valence-corrected chi connectivity index (χ3v) is 9.18. The van der Waals surface area contributed by atoms with E-state index in [4.69, 9.17) is 0 Å². The molecule has 1 saturated heterocycles. The van der Waals surface area contributed by atoms with E-state index in [1.807, 2.05) is 65.7 Å². The number of anilines is 1. The van der Waals surface area contributed by atoms with Gasteiger partial charge in [0.2, 0.25) is 0 Å². The van der Waals surface area contributed by atoms with Crippen LogP contribution in [0.1, 0.15) is 10.4 Å². The van der Waals surface area contributed by atoms with E-state index in [2.05, 4.69) is 6.07 Å². The van der Waals surface area contributed by atoms with Crippen molar-refractivity contribution in [2.45, 2.75) is 11.8 Å². The van der Waals surface area contributed by atoms with Crippen LogP contribution in [0.2, 0.25) is 0 Å². The Morgan fingerprint density at radius 2 is 1.90 bits per heavy atom. The summed E-state index contributed by atoms with van der Waals surface area (Å²) in [6.45, 7) is 2.73. The number of aryl methyl sites for hydroxylation is 1. The smallest absolute Gasteiger partial charge is 0.310 e. The van der Waals surface area contributed by atoms with E-state index in [-0.39, 0.29) is 0 Å². The molecule has 0 aliphatic carbocycles. The number of rotatable bonds is 6. The standard InChI is InChI=1S/C30H22FN3O3S2/c1-18-4-2-7-23(12-18)39(37)34-26-9-8-21(31)14-25(26)28(24-10-11-38-27(24)15-32)29(34)19-5-3-6-22(13-19)33-16-20(17-33)30(35)36/h2-14,20H,16-17H2,1H3,(H,35,36). The predicted octanol–water partition coefficient (Wildman–Crippen LogP) is 6.45. The van der Waals surface area contributed by atoms with Gasteiger partial charge in [0.25, 0.3) is 0 Å². The highest BCUT2D eigenvalue weighted by Crippen LogP contribution is 2.45. The summed E-state index contributed by atoms with van der Waals surface area (Å²) >= 11 is 1.30. The summed E-state index contributed by atoms with van der Waals surface area (Å²) in [5.74, 6) is -1.67. The fourth-order valence-electron chi connectivity index (χ4n) is 5.06. The number of carboxylic acid groups (broad SMARTS) is 1. The van der Waals surface area contributed by atoms with Gasteiger partial charge in [-0.3, -0.25) is 8.77 Å². The number of hydrogen-bond donors (Lipinski definition) is 1. The minimum Gasteiger partial charge on any atom is -0.481 e. The fourth-order valence-corrected chi connectivity index (χ4v) is 7.14. The number of hydrogen-bond acceptors (Lipinski definition) is 5. The van der Waals surface area contributed by atoms with E-state index in [1.165, 1.54) is 23.5 Å². The zero-order valence-corrected chi connectivity index (χ0v) is 22.4. The molecule has 1 atom stereocenters. The maximum absolute atomic E-state index is 14.7. The van der Waals surface area contributed by atoms with Crippen molar-refractivity contribution in [3.8, 4) is 28.5 Å². The van der Waals surface area contributed by atoms with Crippen LogP contribution in [0.4, 0.5) is 10.1 Å². The number of aromatic nitrogens is 1. The highest BCUT2D eigenvalue weighted by atomic mass is 32.2. The lowest BCUT2D eigenvalue weighted by Gasteiger charge is -2.38. The number of carbonyl (C=O) groups is 1. The molecule has 1 aliphatic heterocycles. The zero-order chi connectivity index (χ0) is 27.3. The first-order valence-corrected chi connectivity index (χ1v) is 14.2. The van der Waals surface area contributed by atoms with Crippen molar-refractivity contribution in [2.24, 2.45) is 5.92 Å². The number of carboxylic acids is 1. The summed E-state index contributed by atoms with van der Waals surface area (Å²) in [5, 5.41) is 21.6. The van der Waals surface area contributed by atoms with Gasteiger partial charge in [-0.25, -0.2) is 8.60 Å². The predicted molar refractivity (Wildman–Crippen MR) is 152 cm³/mol. The van der Waals surface area contributed by atoms with Crippen molar-refractivity contribution in [2.75, 3.05) is 18.0 Å². The van der Waals surface area contributed by atoms with Gasteiger partial charge >= 0.3 is 5.97 Å². The Morgan fingerprint density at radius 1 is 1.10 bits per heavy atom. The summed E-state index contributed by atoms with van der Waals surface area (Å²) in [6, 6.07) is 23.6. The van der Waals surface area contributed by atoms with Crippen molar-refractivity contribution < 1.29 is 18.5 Å². The molecule has 1 aliphatic rings. The molecule has 5 aromatic rings. The van der Waals surface area contributed by atoms with Crippen LogP contribution in [0.3, 0.4) is 0 Å². The minimum absolute atomic E-state index is 0.401. The van der Waals surface area contributed by atoms with E-state index in [0.717, 1.165) is 16.8 Å². The average Bonchev–Trinajstić information content (AvgIpc) is 3.49. The molecule has 194 valence electrons. The summed E-state index contributed by atoms with van der Waals surface area (Å²) in [5.41, 5.74) is 4.99. The molecule has 9 heteroatoms. The summed E-state index contributed by atoms with van der Waals surface area (Å²) < 4.78 is 30.7. The van der Waals surface area contributed by atoms with Gasteiger partial charge in [0.1, 0.15) is 16.8 Å². The van der Waals surface area contributed by atoms with Gasteiger partial charge in [-0.2, -0.15) is 5.26 Å². The SMILES string of the molecule is Cc1cccc(S(=O)n2c(-c3cccc(N4CC(C(=O)O)C4)c3)c(-c3ccsc3C#N)c3cc(F)ccc32)c1. The van der Waals surface area contributed by atoms with Gasteiger partial charge in [0.15, 0.2) is 11.0 Å². The highest BCUT2D eigenvalue weighted by Gasteiger charge is 2.33. The number of aliphatic carboxylic acids is 1. The van der Waals surface area contributed by atoms with Gasteiger partial charge in [-0.05, 0) is 66.4 Å². The molecule has 1 fully saturated rings. The molecule has 0 saturated carbocycles. The first-order valence-electron chi connectivity index (χ1n) is 12.2. The van der Waals surface area contributed by atoms with Crippen LogP contribution >= 0.6 is 11.3 Å². The molecular formula is C30H22FN3O3S2. The molecule has 3 heterocycles. The van der Waals surface area contributed by atoms with Crippen LogP contribution in [-0.4, -0.2) is 32.3 Å². The maximum Gasteiger partial charge on any atom is 0.310 e. The van der Waals surface area contributed by atoms with Gasteiger partial charge in [-0.15, -0.1) is 11.3 Å². The van der Waals surface area contributed by atoms with Crippen LogP contribution in [0, 0.1) is 30.0 Å². The van der Waals surface area contributed by atoms with Crippen LogP contribution in [0.15, 0.2) is 83.1 Å². The second kappa shape index (κ2) is 9.80. The lowest BCUT2D eigenvalue weighted by molar-refractivity contribution is -0.142. The van der Waals surface area contributed by atoms with E-state index >= 15 is 0 Å². The second-order valence-corrected chi connectivity index (χ2v) is 11.8. The van der Waals surface area contributed by atoms with E-state index in [1.54, 1.807) is 16.1 Å². The summed E-state index contributed by atoms with van der Waals surface area (Å²) in [4.78, 5) is 14.4. The number of benzene rings is 3. The molecule has 0 amide bonds. The van der Waals surface area contributed by atoms with Gasteiger partial charge in [-0.1, -0.05) is 24.3 Å². The van der Waals surface area contributed by atoms with Gasteiger partial charge in [0.05, 0.1) is 22.0 Å². The first kappa shape index (κ1) is 25.0. The Bertz CT molecular complexity index is 1830. The zero-order valence-electron chi connectivity index (χ0n) is 20.8.